The van der Waals surface area contributed by atoms with Gasteiger partial charge in [0.25, 0.3) is 10.1 Å². The average Bonchev–Trinajstić information content (AvgIpc) is 2.60. The summed E-state index contributed by atoms with van der Waals surface area (Å²) in [5.41, 5.74) is 2.24. The van der Waals surface area contributed by atoms with Gasteiger partial charge in [0.05, 0.1) is 12.9 Å². The number of nitrogens with zero attached hydrogens (tertiary/aromatic N) is 1. The van der Waals surface area contributed by atoms with Crippen molar-refractivity contribution in [3.05, 3.63) is 36.0 Å². The van der Waals surface area contributed by atoms with Gasteiger partial charge in [-0.2, -0.15) is 8.42 Å². The van der Waals surface area contributed by atoms with Gasteiger partial charge in [0, 0.05) is 24.1 Å². The van der Waals surface area contributed by atoms with E-state index in [1.165, 1.54) is 0 Å². The standard InChI is InChI=1S/C12H15NO3S/c1-13-8-6-11-10(4-3-5-12(11)13)7-9-16-17(2,14)15/h3-6,8H,7,9H2,1-2H3. The Hall–Kier alpha value is -1.33. The maximum Gasteiger partial charge on any atom is 0.264 e. The summed E-state index contributed by atoms with van der Waals surface area (Å²) in [6.07, 6.45) is 3.65. The van der Waals surface area contributed by atoms with Crippen LogP contribution in [0.3, 0.4) is 0 Å². The van der Waals surface area contributed by atoms with Crippen LogP contribution in [0, 0.1) is 0 Å². The molecule has 0 N–H and O–H groups in total. The molecule has 0 radical (unpaired) electrons. The van der Waals surface area contributed by atoms with Gasteiger partial charge in [0.2, 0.25) is 0 Å². The summed E-state index contributed by atoms with van der Waals surface area (Å²) < 4.78 is 28.5. The molecule has 2 aromatic rings. The molecule has 2 rings (SSSR count). The Balaban J connectivity index is 2.19. The first-order valence-corrected chi connectivity index (χ1v) is 7.16. The van der Waals surface area contributed by atoms with Gasteiger partial charge >= 0.3 is 0 Å². The number of hydrogen-bond acceptors (Lipinski definition) is 3. The van der Waals surface area contributed by atoms with Crippen molar-refractivity contribution < 1.29 is 12.6 Å². The third-order valence-electron chi connectivity index (χ3n) is 2.69. The first-order chi connectivity index (χ1) is 7.97. The van der Waals surface area contributed by atoms with Crippen molar-refractivity contribution in [2.24, 2.45) is 7.05 Å². The van der Waals surface area contributed by atoms with Gasteiger partial charge in [-0.05, 0) is 24.1 Å². The van der Waals surface area contributed by atoms with Crippen LogP contribution in [0.1, 0.15) is 5.56 Å². The fourth-order valence-electron chi connectivity index (χ4n) is 1.89. The lowest BCUT2D eigenvalue weighted by atomic mass is 10.1. The third kappa shape index (κ3) is 2.87. The van der Waals surface area contributed by atoms with Crippen molar-refractivity contribution in [2.45, 2.75) is 6.42 Å². The van der Waals surface area contributed by atoms with Gasteiger partial charge in [0.15, 0.2) is 0 Å². The van der Waals surface area contributed by atoms with E-state index in [9.17, 15) is 8.42 Å². The molecule has 0 aliphatic carbocycles. The van der Waals surface area contributed by atoms with Crippen LogP contribution >= 0.6 is 0 Å². The normalized spacial score (nSPS) is 12.1. The zero-order chi connectivity index (χ0) is 12.5. The summed E-state index contributed by atoms with van der Waals surface area (Å²) in [5.74, 6) is 0. The van der Waals surface area contributed by atoms with Crippen LogP contribution in [0.4, 0.5) is 0 Å². The highest BCUT2D eigenvalue weighted by molar-refractivity contribution is 7.85. The van der Waals surface area contributed by atoms with Gasteiger partial charge < -0.3 is 4.57 Å². The Kier molecular flexibility index (Phi) is 3.22. The monoisotopic (exact) mass is 253 g/mol. The minimum atomic E-state index is -3.35. The molecule has 1 heterocycles. The molecular weight excluding hydrogens is 238 g/mol. The van der Waals surface area contributed by atoms with Gasteiger partial charge in [-0.25, -0.2) is 0 Å². The SMILES string of the molecule is Cn1ccc2c(CCOS(C)(=O)=O)cccc21. The molecule has 1 aromatic carbocycles. The maximum absolute atomic E-state index is 10.9. The molecule has 0 unspecified atom stereocenters. The molecule has 0 aliphatic heterocycles. The molecular formula is C12H15NO3S. The van der Waals surface area contributed by atoms with Crippen LogP contribution in [0.2, 0.25) is 0 Å². The fourth-order valence-corrected chi connectivity index (χ4v) is 2.27. The Morgan fingerprint density at radius 3 is 2.76 bits per heavy atom. The lowest BCUT2D eigenvalue weighted by Gasteiger charge is -2.04. The van der Waals surface area contributed by atoms with Crippen LogP contribution in [0.25, 0.3) is 10.9 Å². The number of hydrogen-bond donors (Lipinski definition) is 0. The Labute approximate surface area is 101 Å². The number of rotatable bonds is 4. The highest BCUT2D eigenvalue weighted by atomic mass is 32.2. The van der Waals surface area contributed by atoms with E-state index in [2.05, 4.69) is 0 Å². The van der Waals surface area contributed by atoms with E-state index in [4.69, 9.17) is 4.18 Å². The van der Waals surface area contributed by atoms with Crippen LogP contribution in [-0.2, 0) is 27.8 Å². The molecule has 0 amide bonds. The number of aryl methyl sites for hydroxylation is 1. The summed E-state index contributed by atoms with van der Waals surface area (Å²) in [7, 11) is -1.36. The zero-order valence-corrected chi connectivity index (χ0v) is 10.7. The summed E-state index contributed by atoms with van der Waals surface area (Å²) in [4.78, 5) is 0. The van der Waals surface area contributed by atoms with Gasteiger partial charge in [0.1, 0.15) is 0 Å². The van der Waals surface area contributed by atoms with Crippen molar-refractivity contribution in [2.75, 3.05) is 12.9 Å². The molecule has 0 fully saturated rings. The molecule has 0 spiro atoms. The molecule has 17 heavy (non-hydrogen) atoms. The van der Waals surface area contributed by atoms with Crippen molar-refractivity contribution >= 4 is 21.0 Å². The van der Waals surface area contributed by atoms with Gasteiger partial charge in [-0.1, -0.05) is 12.1 Å². The minimum absolute atomic E-state index is 0.187. The summed E-state index contributed by atoms with van der Waals surface area (Å²) >= 11 is 0. The summed E-state index contributed by atoms with van der Waals surface area (Å²) in [6, 6.07) is 8.04. The van der Waals surface area contributed by atoms with Crippen LogP contribution in [-0.4, -0.2) is 25.8 Å². The molecule has 1 aromatic heterocycles. The van der Waals surface area contributed by atoms with Crippen molar-refractivity contribution in [3.8, 4) is 0 Å². The summed E-state index contributed by atoms with van der Waals surface area (Å²) in [5, 5.41) is 1.15. The van der Waals surface area contributed by atoms with Crippen LogP contribution in [0.5, 0.6) is 0 Å². The van der Waals surface area contributed by atoms with E-state index in [1.54, 1.807) is 0 Å². The van der Waals surface area contributed by atoms with Crippen molar-refractivity contribution in [1.82, 2.24) is 4.57 Å². The Bertz CT molecular complexity index is 628. The van der Waals surface area contributed by atoms with Crippen LogP contribution in [0.15, 0.2) is 30.5 Å². The van der Waals surface area contributed by atoms with E-state index < -0.39 is 10.1 Å². The molecule has 0 atom stereocenters. The summed E-state index contributed by atoms with van der Waals surface area (Å²) in [6.45, 7) is 0.187. The largest absolute Gasteiger partial charge is 0.351 e. The van der Waals surface area contributed by atoms with Gasteiger partial charge in [-0.15, -0.1) is 0 Å². The van der Waals surface area contributed by atoms with E-state index in [1.807, 2.05) is 42.1 Å². The predicted octanol–water partition coefficient (Wildman–Crippen LogP) is 1.70. The molecule has 0 saturated heterocycles. The van der Waals surface area contributed by atoms with Gasteiger partial charge in [-0.3, -0.25) is 4.18 Å². The van der Waals surface area contributed by atoms with E-state index in [0.717, 1.165) is 22.7 Å². The minimum Gasteiger partial charge on any atom is -0.351 e. The first kappa shape index (κ1) is 12.1. The lowest BCUT2D eigenvalue weighted by molar-refractivity contribution is 0.326. The molecule has 0 aliphatic rings. The van der Waals surface area contributed by atoms with E-state index in [-0.39, 0.29) is 6.61 Å². The number of benzene rings is 1. The molecule has 92 valence electrons. The van der Waals surface area contributed by atoms with Crippen molar-refractivity contribution in [1.29, 1.82) is 0 Å². The smallest absolute Gasteiger partial charge is 0.264 e. The highest BCUT2D eigenvalue weighted by Gasteiger charge is 2.06. The number of fused-ring (bicyclic) bond motifs is 1. The lowest BCUT2D eigenvalue weighted by Crippen LogP contribution is -2.06. The quantitative estimate of drug-likeness (QED) is 0.779. The number of aromatic nitrogens is 1. The van der Waals surface area contributed by atoms with E-state index >= 15 is 0 Å². The maximum atomic E-state index is 10.9. The van der Waals surface area contributed by atoms with Crippen molar-refractivity contribution in [3.63, 3.8) is 0 Å². The fraction of sp³-hybridized carbons (Fsp3) is 0.333. The second-order valence-corrected chi connectivity index (χ2v) is 5.70. The predicted molar refractivity (Wildman–Crippen MR) is 67.4 cm³/mol. The molecule has 5 heteroatoms. The average molecular weight is 253 g/mol. The zero-order valence-electron chi connectivity index (χ0n) is 9.88. The molecule has 0 bridgehead atoms. The second kappa shape index (κ2) is 4.50. The third-order valence-corrected chi connectivity index (χ3v) is 3.28. The second-order valence-electron chi connectivity index (χ2n) is 4.05. The Morgan fingerprint density at radius 2 is 2.06 bits per heavy atom. The van der Waals surface area contributed by atoms with Crippen LogP contribution < -0.4 is 0 Å². The topological polar surface area (TPSA) is 48.3 Å². The highest BCUT2D eigenvalue weighted by Crippen LogP contribution is 2.19. The Morgan fingerprint density at radius 1 is 1.29 bits per heavy atom. The molecule has 0 saturated carbocycles. The first-order valence-electron chi connectivity index (χ1n) is 5.35. The van der Waals surface area contributed by atoms with E-state index in [0.29, 0.717) is 6.42 Å². The molecule has 4 nitrogen and oxygen atoms in total.